The number of para-hydroxylation sites is 1. The second-order valence-corrected chi connectivity index (χ2v) is 9.38. The van der Waals surface area contributed by atoms with E-state index in [9.17, 15) is 14.7 Å². The van der Waals surface area contributed by atoms with Crippen LogP contribution in [0, 0.1) is 19.8 Å². The molecule has 3 aromatic rings. The minimum absolute atomic E-state index is 0.0780. The van der Waals surface area contributed by atoms with Crippen LogP contribution in [-0.2, 0) is 14.3 Å². The number of fused-ring (bicyclic) bond motifs is 1. The number of aliphatic hydroxyl groups is 1. The van der Waals surface area contributed by atoms with Crippen molar-refractivity contribution in [1.82, 2.24) is 9.88 Å². The molecule has 0 aliphatic carbocycles. The number of likely N-dealkylation sites (tertiary alicyclic amines) is 1. The van der Waals surface area contributed by atoms with Crippen LogP contribution in [0.25, 0.3) is 16.7 Å². The molecule has 1 aliphatic rings. The van der Waals surface area contributed by atoms with E-state index in [0.717, 1.165) is 33.5 Å². The quantitative estimate of drug-likeness (QED) is 0.274. The van der Waals surface area contributed by atoms with Gasteiger partial charge in [-0.15, -0.1) is 0 Å². The van der Waals surface area contributed by atoms with Gasteiger partial charge in [-0.1, -0.05) is 32.0 Å². The first-order valence-corrected chi connectivity index (χ1v) is 11.8. The number of nitrogens with zero attached hydrogens (tertiary/aromatic N) is 1. The molecule has 2 N–H and O–H groups in total. The third-order valence-corrected chi connectivity index (χ3v) is 6.31. The van der Waals surface area contributed by atoms with Gasteiger partial charge in [0.05, 0.1) is 24.8 Å². The van der Waals surface area contributed by atoms with Crippen molar-refractivity contribution < 1.29 is 24.2 Å². The Morgan fingerprint density at radius 1 is 1.14 bits per heavy atom. The lowest BCUT2D eigenvalue weighted by atomic mass is 9.93. The number of Topliss-reactive ketones (excluding diaryl/α,β-unsaturated/α-hetero) is 1. The number of carbonyl (C=O) groups is 2. The summed E-state index contributed by atoms with van der Waals surface area (Å²) in [4.78, 5) is 31.3. The number of aromatic amines is 1. The normalized spacial score (nSPS) is 17.7. The molecule has 2 heterocycles. The maximum absolute atomic E-state index is 13.3. The molecule has 0 bridgehead atoms. The maximum atomic E-state index is 13.3. The Hall–Kier alpha value is -3.58. The van der Waals surface area contributed by atoms with Gasteiger partial charge in [0.15, 0.2) is 0 Å². The zero-order valence-corrected chi connectivity index (χ0v) is 20.8. The van der Waals surface area contributed by atoms with E-state index < -0.39 is 17.7 Å². The molecule has 2 aromatic carbocycles. The van der Waals surface area contributed by atoms with E-state index in [-0.39, 0.29) is 24.5 Å². The Morgan fingerprint density at radius 3 is 2.57 bits per heavy atom. The van der Waals surface area contributed by atoms with Gasteiger partial charge in [-0.2, -0.15) is 0 Å². The molecule has 1 aromatic heterocycles. The van der Waals surface area contributed by atoms with Crippen molar-refractivity contribution in [3.63, 3.8) is 0 Å². The number of hydrogen-bond donors (Lipinski definition) is 2. The zero-order chi connectivity index (χ0) is 25.3. The van der Waals surface area contributed by atoms with Gasteiger partial charge in [0.1, 0.15) is 11.5 Å². The van der Waals surface area contributed by atoms with E-state index in [1.165, 1.54) is 4.90 Å². The molecule has 1 amide bonds. The van der Waals surface area contributed by atoms with E-state index in [0.29, 0.717) is 18.1 Å². The highest BCUT2D eigenvalue weighted by atomic mass is 16.5. The van der Waals surface area contributed by atoms with Gasteiger partial charge in [0.25, 0.3) is 11.7 Å². The van der Waals surface area contributed by atoms with Crippen molar-refractivity contribution >= 4 is 28.4 Å². The number of H-pyrrole nitrogens is 1. The predicted molar refractivity (Wildman–Crippen MR) is 135 cm³/mol. The molecule has 0 saturated carbocycles. The summed E-state index contributed by atoms with van der Waals surface area (Å²) in [6.07, 6.45) is 0. The predicted octanol–water partition coefficient (Wildman–Crippen LogP) is 4.89. The molecule has 4 rings (SSSR count). The number of ketones is 1. The lowest BCUT2D eigenvalue weighted by Gasteiger charge is -2.25. The minimum Gasteiger partial charge on any atom is -0.507 e. The highest BCUT2D eigenvalue weighted by Gasteiger charge is 2.47. The monoisotopic (exact) mass is 476 g/mol. The van der Waals surface area contributed by atoms with Gasteiger partial charge in [0, 0.05) is 41.4 Å². The number of aryl methyl sites for hydroxylation is 2. The fourth-order valence-electron chi connectivity index (χ4n) is 4.62. The summed E-state index contributed by atoms with van der Waals surface area (Å²) >= 11 is 0. The Labute approximate surface area is 205 Å². The minimum atomic E-state index is -0.738. The van der Waals surface area contributed by atoms with Gasteiger partial charge >= 0.3 is 0 Å². The fourth-order valence-corrected chi connectivity index (χ4v) is 4.62. The summed E-state index contributed by atoms with van der Waals surface area (Å²) in [6.45, 7) is 9.03. The summed E-state index contributed by atoms with van der Waals surface area (Å²) in [5.41, 5.74) is 3.91. The van der Waals surface area contributed by atoms with Crippen LogP contribution < -0.4 is 4.74 Å². The largest absolute Gasteiger partial charge is 0.507 e. The molecule has 7 heteroatoms. The van der Waals surface area contributed by atoms with Gasteiger partial charge in [0.2, 0.25) is 0 Å². The van der Waals surface area contributed by atoms with Crippen LogP contribution in [-0.4, -0.2) is 53.5 Å². The van der Waals surface area contributed by atoms with E-state index >= 15 is 0 Å². The molecule has 0 spiro atoms. The average Bonchev–Trinajstić information content (AvgIpc) is 3.28. The number of methoxy groups -OCH3 is 1. The first kappa shape index (κ1) is 24.5. The summed E-state index contributed by atoms with van der Waals surface area (Å²) in [7, 11) is 1.55. The standard InChI is InChI=1S/C28H32N2O5/c1-16(2)15-35-22-11-10-19(14-17(22)3)26(31)24-25(30(12-13-34-5)28(33)27(24)32)23-18(4)29-21-9-7-6-8-20(21)23/h6-11,14,16,25,29,31H,12-13,15H2,1-5H3/b26-24+. The van der Waals surface area contributed by atoms with Crippen molar-refractivity contribution in [2.45, 2.75) is 33.7 Å². The SMILES string of the molecule is COCCN1C(=O)C(=O)/C(=C(/O)c2ccc(OCC(C)C)c(C)c2)C1c1c(C)[nH]c2ccccc12. The van der Waals surface area contributed by atoms with Crippen molar-refractivity contribution in [2.24, 2.45) is 5.92 Å². The summed E-state index contributed by atoms with van der Waals surface area (Å²) in [6, 6.07) is 12.3. The van der Waals surface area contributed by atoms with Crippen LogP contribution in [0.1, 0.15) is 42.3 Å². The van der Waals surface area contributed by atoms with Crippen molar-refractivity contribution in [3.05, 3.63) is 70.4 Å². The number of amides is 1. The second kappa shape index (κ2) is 9.96. The molecule has 1 fully saturated rings. The summed E-state index contributed by atoms with van der Waals surface area (Å²) in [5.74, 6) is -0.445. The number of hydrogen-bond acceptors (Lipinski definition) is 5. The maximum Gasteiger partial charge on any atom is 0.295 e. The number of nitrogens with one attached hydrogen (secondary N) is 1. The Kier molecular flexibility index (Phi) is 6.98. The molecular formula is C28H32N2O5. The number of aliphatic hydroxyl groups excluding tert-OH is 1. The van der Waals surface area contributed by atoms with Gasteiger partial charge in [-0.05, 0) is 49.6 Å². The summed E-state index contributed by atoms with van der Waals surface area (Å²) in [5, 5.41) is 12.3. The third-order valence-electron chi connectivity index (χ3n) is 6.31. The van der Waals surface area contributed by atoms with Gasteiger partial charge in [-0.25, -0.2) is 0 Å². The number of benzene rings is 2. The Balaban J connectivity index is 1.86. The van der Waals surface area contributed by atoms with Crippen LogP contribution in [0.5, 0.6) is 5.75 Å². The van der Waals surface area contributed by atoms with Crippen LogP contribution in [0.3, 0.4) is 0 Å². The third kappa shape index (κ3) is 4.56. The zero-order valence-electron chi connectivity index (χ0n) is 20.8. The highest BCUT2D eigenvalue weighted by Crippen LogP contribution is 2.43. The van der Waals surface area contributed by atoms with Gasteiger partial charge in [-0.3, -0.25) is 9.59 Å². The molecule has 1 atom stereocenters. The number of aromatic nitrogens is 1. The fraction of sp³-hybridized carbons (Fsp3) is 0.357. The lowest BCUT2D eigenvalue weighted by molar-refractivity contribution is -0.140. The molecule has 1 aliphatic heterocycles. The topological polar surface area (TPSA) is 91.9 Å². The van der Waals surface area contributed by atoms with Crippen molar-refractivity contribution in [1.29, 1.82) is 0 Å². The molecule has 184 valence electrons. The van der Waals surface area contributed by atoms with Crippen molar-refractivity contribution in [2.75, 3.05) is 26.9 Å². The van der Waals surface area contributed by atoms with E-state index in [1.54, 1.807) is 25.3 Å². The molecule has 35 heavy (non-hydrogen) atoms. The van der Waals surface area contributed by atoms with Gasteiger partial charge < -0.3 is 24.5 Å². The van der Waals surface area contributed by atoms with Crippen LogP contribution in [0.2, 0.25) is 0 Å². The number of ether oxygens (including phenoxy) is 2. The highest BCUT2D eigenvalue weighted by molar-refractivity contribution is 6.46. The number of carbonyl (C=O) groups excluding carboxylic acids is 2. The molecule has 1 saturated heterocycles. The Bertz CT molecular complexity index is 1300. The first-order valence-electron chi connectivity index (χ1n) is 11.8. The van der Waals surface area contributed by atoms with Crippen LogP contribution in [0.4, 0.5) is 0 Å². The second-order valence-electron chi connectivity index (χ2n) is 9.38. The lowest BCUT2D eigenvalue weighted by Crippen LogP contribution is -2.32. The first-order chi connectivity index (χ1) is 16.7. The van der Waals surface area contributed by atoms with Crippen molar-refractivity contribution in [3.8, 4) is 5.75 Å². The van der Waals surface area contributed by atoms with E-state index in [4.69, 9.17) is 9.47 Å². The van der Waals surface area contributed by atoms with Crippen LogP contribution >= 0.6 is 0 Å². The molecule has 7 nitrogen and oxygen atoms in total. The van der Waals surface area contributed by atoms with E-state index in [1.807, 2.05) is 38.1 Å². The molecule has 1 unspecified atom stereocenters. The van der Waals surface area contributed by atoms with E-state index in [2.05, 4.69) is 18.8 Å². The Morgan fingerprint density at radius 2 is 1.89 bits per heavy atom. The summed E-state index contributed by atoms with van der Waals surface area (Å²) < 4.78 is 11.1. The average molecular weight is 477 g/mol. The molecule has 0 radical (unpaired) electrons. The number of rotatable bonds is 8. The van der Waals surface area contributed by atoms with Crippen LogP contribution in [0.15, 0.2) is 48.0 Å². The smallest absolute Gasteiger partial charge is 0.295 e. The molecular weight excluding hydrogens is 444 g/mol.